The third-order valence-electron chi connectivity index (χ3n) is 2.70. The summed E-state index contributed by atoms with van der Waals surface area (Å²) in [6.07, 6.45) is 3.91. The minimum absolute atomic E-state index is 0.333. The maximum atomic E-state index is 11.3. The van der Waals surface area contributed by atoms with Crippen LogP contribution in [0.25, 0.3) is 0 Å². The van der Waals surface area contributed by atoms with Crippen LogP contribution < -0.4 is 0 Å². The Kier molecular flexibility index (Phi) is 1.48. The van der Waals surface area contributed by atoms with Gasteiger partial charge >= 0.3 is 0 Å². The largest absolute Gasteiger partial charge is 0.336 e. The maximum absolute atomic E-state index is 11.3. The molecule has 0 unspecified atom stereocenters. The number of hydrogen-bond acceptors (Lipinski definition) is 1. The summed E-state index contributed by atoms with van der Waals surface area (Å²) in [7, 11) is 0. The standard InChI is InChI=1S/C9H13NO/c1-7-4-5-9(11)10-6-2-3-8(7)10/h8H,1-6H2/t8-/m0/s1. The van der Waals surface area contributed by atoms with Crippen molar-refractivity contribution >= 4 is 5.91 Å². The van der Waals surface area contributed by atoms with Crippen LogP contribution in [0.4, 0.5) is 0 Å². The molecule has 0 aliphatic carbocycles. The molecule has 2 rings (SSSR count). The predicted molar refractivity (Wildman–Crippen MR) is 43.1 cm³/mol. The molecule has 0 spiro atoms. The van der Waals surface area contributed by atoms with Crippen LogP contribution in [-0.4, -0.2) is 23.4 Å². The summed E-state index contributed by atoms with van der Waals surface area (Å²) in [6, 6.07) is 0.399. The Balaban J connectivity index is 2.20. The van der Waals surface area contributed by atoms with Gasteiger partial charge in [-0.05, 0) is 19.3 Å². The number of fused-ring (bicyclic) bond motifs is 1. The number of piperidine rings is 1. The highest BCUT2D eigenvalue weighted by Crippen LogP contribution is 2.30. The Morgan fingerprint density at radius 1 is 1.45 bits per heavy atom. The molecule has 1 amide bonds. The zero-order chi connectivity index (χ0) is 7.84. The van der Waals surface area contributed by atoms with Crippen molar-refractivity contribution in [3.8, 4) is 0 Å². The quantitative estimate of drug-likeness (QED) is 0.478. The van der Waals surface area contributed by atoms with E-state index < -0.39 is 0 Å². The third kappa shape index (κ3) is 0.971. The summed E-state index contributed by atoms with van der Waals surface area (Å²) in [4.78, 5) is 13.3. The van der Waals surface area contributed by atoms with Crippen molar-refractivity contribution in [2.75, 3.05) is 6.54 Å². The molecule has 2 heteroatoms. The van der Waals surface area contributed by atoms with Crippen LogP contribution in [0.3, 0.4) is 0 Å². The first-order valence-corrected chi connectivity index (χ1v) is 4.26. The van der Waals surface area contributed by atoms with Crippen molar-refractivity contribution in [3.63, 3.8) is 0 Å². The van der Waals surface area contributed by atoms with Gasteiger partial charge in [-0.2, -0.15) is 0 Å². The summed E-state index contributed by atoms with van der Waals surface area (Å²) in [6.45, 7) is 4.96. The van der Waals surface area contributed by atoms with E-state index in [9.17, 15) is 4.79 Å². The molecule has 2 aliphatic heterocycles. The van der Waals surface area contributed by atoms with Gasteiger partial charge in [-0.15, -0.1) is 0 Å². The van der Waals surface area contributed by atoms with Crippen molar-refractivity contribution in [2.45, 2.75) is 31.7 Å². The lowest BCUT2D eigenvalue weighted by Crippen LogP contribution is -2.40. The first kappa shape index (κ1) is 6.89. The molecule has 0 radical (unpaired) electrons. The van der Waals surface area contributed by atoms with Gasteiger partial charge in [0.05, 0.1) is 6.04 Å². The van der Waals surface area contributed by atoms with Crippen LogP contribution >= 0.6 is 0 Å². The van der Waals surface area contributed by atoms with Gasteiger partial charge in [-0.3, -0.25) is 4.79 Å². The van der Waals surface area contributed by atoms with E-state index in [1.54, 1.807) is 0 Å². The fourth-order valence-corrected chi connectivity index (χ4v) is 2.07. The molecular formula is C9H13NO. The lowest BCUT2D eigenvalue weighted by molar-refractivity contribution is -0.132. The smallest absolute Gasteiger partial charge is 0.223 e. The Morgan fingerprint density at radius 2 is 2.27 bits per heavy atom. The highest BCUT2D eigenvalue weighted by atomic mass is 16.2. The van der Waals surface area contributed by atoms with E-state index in [1.807, 2.05) is 4.90 Å². The van der Waals surface area contributed by atoms with E-state index in [2.05, 4.69) is 6.58 Å². The summed E-state index contributed by atoms with van der Waals surface area (Å²) in [5.74, 6) is 0.333. The highest BCUT2D eigenvalue weighted by Gasteiger charge is 2.33. The zero-order valence-corrected chi connectivity index (χ0v) is 6.68. The van der Waals surface area contributed by atoms with Gasteiger partial charge in [0.15, 0.2) is 0 Å². The number of nitrogens with zero attached hydrogens (tertiary/aromatic N) is 1. The highest BCUT2D eigenvalue weighted by molar-refractivity contribution is 5.79. The van der Waals surface area contributed by atoms with Crippen LogP contribution in [0.2, 0.25) is 0 Å². The van der Waals surface area contributed by atoms with Crippen LogP contribution in [0.5, 0.6) is 0 Å². The maximum Gasteiger partial charge on any atom is 0.223 e. The summed E-state index contributed by atoms with van der Waals surface area (Å²) in [5, 5.41) is 0. The van der Waals surface area contributed by atoms with Gasteiger partial charge in [0, 0.05) is 13.0 Å². The zero-order valence-electron chi connectivity index (χ0n) is 6.68. The molecule has 2 saturated heterocycles. The molecule has 2 heterocycles. The Bertz CT molecular complexity index is 188. The molecule has 0 saturated carbocycles. The van der Waals surface area contributed by atoms with Gasteiger partial charge < -0.3 is 4.90 Å². The number of rotatable bonds is 0. The molecule has 0 bridgehead atoms. The second-order valence-corrected chi connectivity index (χ2v) is 3.40. The average molecular weight is 151 g/mol. The number of carbonyl (C=O) groups is 1. The van der Waals surface area contributed by atoms with E-state index in [0.717, 1.165) is 25.8 Å². The van der Waals surface area contributed by atoms with Crippen LogP contribution in [-0.2, 0) is 4.79 Å². The van der Waals surface area contributed by atoms with Crippen LogP contribution in [0.1, 0.15) is 25.7 Å². The van der Waals surface area contributed by atoms with Gasteiger partial charge in [-0.25, -0.2) is 0 Å². The van der Waals surface area contributed by atoms with Gasteiger partial charge in [0.25, 0.3) is 0 Å². The molecule has 1 atom stereocenters. The topological polar surface area (TPSA) is 20.3 Å². The molecule has 11 heavy (non-hydrogen) atoms. The molecule has 2 fully saturated rings. The predicted octanol–water partition coefficient (Wildman–Crippen LogP) is 1.33. The molecule has 0 aromatic rings. The molecule has 0 N–H and O–H groups in total. The SMILES string of the molecule is C=C1CCC(=O)N2CCC[C@@H]12. The van der Waals surface area contributed by atoms with E-state index in [0.29, 0.717) is 18.4 Å². The van der Waals surface area contributed by atoms with Crippen molar-refractivity contribution in [1.29, 1.82) is 0 Å². The average Bonchev–Trinajstić information content (AvgIpc) is 2.45. The Labute approximate surface area is 66.9 Å². The number of hydrogen-bond donors (Lipinski definition) is 0. The van der Waals surface area contributed by atoms with Crippen molar-refractivity contribution in [2.24, 2.45) is 0 Å². The normalized spacial score (nSPS) is 30.9. The molecule has 60 valence electrons. The van der Waals surface area contributed by atoms with Crippen LogP contribution in [0, 0.1) is 0 Å². The first-order valence-electron chi connectivity index (χ1n) is 4.26. The molecule has 2 aliphatic rings. The molecule has 0 aromatic carbocycles. The van der Waals surface area contributed by atoms with Crippen LogP contribution in [0.15, 0.2) is 12.2 Å². The molecule has 0 aromatic heterocycles. The molecule has 2 nitrogen and oxygen atoms in total. The minimum atomic E-state index is 0.333. The number of amides is 1. The summed E-state index contributed by atoms with van der Waals surface area (Å²) < 4.78 is 0. The van der Waals surface area contributed by atoms with Crippen molar-refractivity contribution in [3.05, 3.63) is 12.2 Å². The van der Waals surface area contributed by atoms with E-state index in [4.69, 9.17) is 0 Å². The van der Waals surface area contributed by atoms with E-state index in [-0.39, 0.29) is 0 Å². The Hall–Kier alpha value is -0.790. The van der Waals surface area contributed by atoms with Crippen molar-refractivity contribution in [1.82, 2.24) is 4.90 Å². The summed E-state index contributed by atoms with van der Waals surface area (Å²) >= 11 is 0. The second-order valence-electron chi connectivity index (χ2n) is 3.40. The first-order chi connectivity index (χ1) is 5.29. The van der Waals surface area contributed by atoms with Crippen molar-refractivity contribution < 1.29 is 4.79 Å². The fraction of sp³-hybridized carbons (Fsp3) is 0.667. The second kappa shape index (κ2) is 2.36. The third-order valence-corrected chi connectivity index (χ3v) is 2.70. The minimum Gasteiger partial charge on any atom is -0.336 e. The lowest BCUT2D eigenvalue weighted by atomic mass is 9.97. The monoisotopic (exact) mass is 151 g/mol. The fourth-order valence-electron chi connectivity index (χ4n) is 2.07. The van der Waals surface area contributed by atoms with Gasteiger partial charge in [0.1, 0.15) is 0 Å². The lowest BCUT2D eigenvalue weighted by Gasteiger charge is -2.31. The Morgan fingerprint density at radius 3 is 3.00 bits per heavy atom. The van der Waals surface area contributed by atoms with Gasteiger partial charge in [0.2, 0.25) is 5.91 Å². The summed E-state index contributed by atoms with van der Waals surface area (Å²) in [5.41, 5.74) is 1.27. The number of carbonyl (C=O) groups excluding carboxylic acids is 1. The van der Waals surface area contributed by atoms with E-state index in [1.165, 1.54) is 5.57 Å². The van der Waals surface area contributed by atoms with Gasteiger partial charge in [-0.1, -0.05) is 12.2 Å². The molecular weight excluding hydrogens is 138 g/mol. The van der Waals surface area contributed by atoms with E-state index >= 15 is 0 Å².